The van der Waals surface area contributed by atoms with Crippen molar-refractivity contribution in [3.05, 3.63) is 109 Å². The third-order valence-corrected chi connectivity index (χ3v) is 20.2. The Morgan fingerprint density at radius 2 is 0.680 bits per heavy atom. The highest BCUT2D eigenvalue weighted by atomic mass is 16.7. The Balaban J connectivity index is 1.61. The van der Waals surface area contributed by atoms with Gasteiger partial charge in [-0.1, -0.05) is 361 Å². The maximum absolute atomic E-state index is 13.4. The van der Waals surface area contributed by atoms with Crippen molar-refractivity contribution >= 4 is 5.91 Å². The Labute approximate surface area is 629 Å². The molecule has 2 saturated heterocycles. The van der Waals surface area contributed by atoms with Crippen LogP contribution in [0.3, 0.4) is 0 Å². The Kier molecular flexibility index (Phi) is 66.5. The van der Waals surface area contributed by atoms with Crippen LogP contribution >= 0.6 is 0 Å². The first-order valence-corrected chi connectivity index (χ1v) is 42.6. The number of carbonyl (C=O) groups is 1. The summed E-state index contributed by atoms with van der Waals surface area (Å²) in [5.41, 5.74) is 0. The highest BCUT2D eigenvalue weighted by Crippen LogP contribution is 2.30. The fourth-order valence-electron chi connectivity index (χ4n) is 13.5. The monoisotopic (exact) mass is 1450 g/mol. The molecule has 9 N–H and O–H groups in total. The maximum atomic E-state index is 13.4. The molecule has 103 heavy (non-hydrogen) atoms. The summed E-state index contributed by atoms with van der Waals surface area (Å²) in [7, 11) is 0. The molecule has 0 aromatic heterocycles. The summed E-state index contributed by atoms with van der Waals surface area (Å²) in [5, 5.41) is 87.7. The summed E-state index contributed by atoms with van der Waals surface area (Å²) in [6, 6.07) is -0.945. The number of aliphatic hydroxyl groups excluding tert-OH is 8. The van der Waals surface area contributed by atoms with E-state index in [1.165, 1.54) is 238 Å². The number of carbonyl (C=O) groups excluding carboxylic acids is 1. The van der Waals surface area contributed by atoms with Crippen LogP contribution in [0.4, 0.5) is 0 Å². The van der Waals surface area contributed by atoms with Crippen LogP contribution in [0.5, 0.6) is 0 Å². The highest BCUT2D eigenvalue weighted by molar-refractivity contribution is 5.76. The second-order valence-electron chi connectivity index (χ2n) is 29.6. The van der Waals surface area contributed by atoms with Crippen molar-refractivity contribution in [2.24, 2.45) is 0 Å². The molecule has 0 spiro atoms. The molecular formula is C89H157NO13. The number of ether oxygens (including phenoxy) is 4. The quantitative estimate of drug-likeness (QED) is 0.0204. The standard InChI is InChI=1S/C89H157NO13/c1-3-5-7-9-11-13-15-17-19-21-23-25-27-29-31-33-35-37-38-39-40-41-43-45-47-49-51-53-55-57-59-61-63-65-67-69-71-73-81(94)90-77(76-100-88-86(99)84(97)87(80(75-92)102-88)103-89-85(98)83(96)82(95)79(74-91)101-89)78(93)72-70-68-66-64-62-60-58-56-54-52-50-48-46-44-42-36-34-32-30-28-26-24-22-20-18-16-14-12-10-8-6-4-2/h5,7,11,13,17,19,23,25,29,31,35,37,54,56,62,64,70,72,77-80,82-89,91-93,95-99H,3-4,6,8-10,12,14-16,18,20-22,24,26-28,30,32-34,36,38-53,55,57-61,63,65-69,71,73-76H2,1-2H3,(H,90,94)/b7-5-,13-11-,19-17-,25-23-,31-29-,37-35-,56-54+,64-62+,72-70+. The van der Waals surface area contributed by atoms with E-state index in [1.807, 2.05) is 6.08 Å². The lowest BCUT2D eigenvalue weighted by Gasteiger charge is -2.46. The summed E-state index contributed by atoms with van der Waals surface area (Å²) in [6.07, 6.45) is 87.6. The number of unbranched alkanes of at least 4 members (excludes halogenated alkanes) is 42. The molecule has 12 atom stereocenters. The summed E-state index contributed by atoms with van der Waals surface area (Å²) in [6.45, 7) is 2.71. The predicted molar refractivity (Wildman–Crippen MR) is 429 cm³/mol. The number of rotatable bonds is 71. The first-order chi connectivity index (χ1) is 50.6. The second kappa shape index (κ2) is 71.6. The molecule has 2 aliphatic heterocycles. The van der Waals surface area contributed by atoms with E-state index in [9.17, 15) is 45.6 Å². The highest BCUT2D eigenvalue weighted by Gasteiger charge is 2.51. The van der Waals surface area contributed by atoms with Gasteiger partial charge in [0, 0.05) is 6.42 Å². The van der Waals surface area contributed by atoms with Crippen LogP contribution in [-0.2, 0) is 23.7 Å². The number of allylic oxidation sites excluding steroid dienone is 17. The van der Waals surface area contributed by atoms with Crippen molar-refractivity contribution in [1.82, 2.24) is 5.32 Å². The molecule has 0 radical (unpaired) electrons. The van der Waals surface area contributed by atoms with E-state index in [0.717, 1.165) is 83.5 Å². The number of amides is 1. The molecule has 2 rings (SSSR count). The van der Waals surface area contributed by atoms with Gasteiger partial charge in [0.15, 0.2) is 12.6 Å². The molecule has 1 amide bonds. The zero-order chi connectivity index (χ0) is 74.4. The van der Waals surface area contributed by atoms with Gasteiger partial charge in [0.2, 0.25) is 5.91 Å². The molecule has 2 aliphatic rings. The third kappa shape index (κ3) is 54.0. The van der Waals surface area contributed by atoms with E-state index in [4.69, 9.17) is 18.9 Å². The predicted octanol–water partition coefficient (Wildman–Crippen LogP) is 20.2. The van der Waals surface area contributed by atoms with Crippen molar-refractivity contribution in [2.45, 2.75) is 428 Å². The van der Waals surface area contributed by atoms with E-state index in [-0.39, 0.29) is 18.9 Å². The van der Waals surface area contributed by atoms with Crippen molar-refractivity contribution in [2.75, 3.05) is 19.8 Å². The van der Waals surface area contributed by atoms with Crippen molar-refractivity contribution in [3.8, 4) is 0 Å². The minimum atomic E-state index is -1.80. The van der Waals surface area contributed by atoms with Gasteiger partial charge in [0.1, 0.15) is 48.8 Å². The lowest BCUT2D eigenvalue weighted by molar-refractivity contribution is -0.359. The molecule has 0 aromatic carbocycles. The van der Waals surface area contributed by atoms with Crippen molar-refractivity contribution in [1.29, 1.82) is 0 Å². The summed E-state index contributed by atoms with van der Waals surface area (Å²) in [4.78, 5) is 13.4. The topological polar surface area (TPSA) is 228 Å². The van der Waals surface area contributed by atoms with Crippen LogP contribution in [-0.4, -0.2) is 140 Å². The Hall–Kier alpha value is -3.35. The lowest BCUT2D eigenvalue weighted by atomic mass is 9.97. The van der Waals surface area contributed by atoms with Gasteiger partial charge in [0.25, 0.3) is 0 Å². The van der Waals surface area contributed by atoms with E-state index in [2.05, 4.69) is 116 Å². The first-order valence-electron chi connectivity index (χ1n) is 42.6. The van der Waals surface area contributed by atoms with Gasteiger partial charge in [-0.05, 0) is 96.3 Å². The molecule has 2 fully saturated rings. The maximum Gasteiger partial charge on any atom is 0.220 e. The van der Waals surface area contributed by atoms with Crippen molar-refractivity contribution in [3.63, 3.8) is 0 Å². The number of aliphatic hydroxyl groups is 8. The van der Waals surface area contributed by atoms with Crippen LogP contribution in [0.25, 0.3) is 0 Å². The summed E-state index contributed by atoms with van der Waals surface area (Å²) in [5.74, 6) is -0.251. The van der Waals surface area contributed by atoms with E-state index < -0.39 is 86.8 Å². The minimum Gasteiger partial charge on any atom is -0.394 e. The first kappa shape index (κ1) is 95.7. The van der Waals surface area contributed by atoms with Crippen LogP contribution < -0.4 is 5.32 Å². The SMILES string of the molecule is CC/C=C\C/C=C\C/C=C\C/C=C\C/C=C\C/C=C\CCCCCCCCCCCCCCCCCCCCC(=O)NC(COC1OC(CO)C(OC2OC(CO)C(O)C(O)C2O)C(O)C1O)C(O)/C=C/CC/C=C/CC/C=C/CCCCCCCCCCCCCCCCCCCCCCCC. The van der Waals surface area contributed by atoms with Gasteiger partial charge in [-0.15, -0.1) is 0 Å². The van der Waals surface area contributed by atoms with Gasteiger partial charge in [-0.3, -0.25) is 4.79 Å². The molecule has 596 valence electrons. The van der Waals surface area contributed by atoms with Gasteiger partial charge >= 0.3 is 0 Å². The second-order valence-corrected chi connectivity index (χ2v) is 29.6. The molecule has 0 aromatic rings. The molecule has 0 bridgehead atoms. The molecule has 2 heterocycles. The molecule has 0 aliphatic carbocycles. The third-order valence-electron chi connectivity index (χ3n) is 20.2. The van der Waals surface area contributed by atoms with Crippen LogP contribution in [0.15, 0.2) is 109 Å². The van der Waals surface area contributed by atoms with E-state index in [1.54, 1.807) is 6.08 Å². The fraction of sp³-hybridized carbons (Fsp3) is 0.787. The lowest BCUT2D eigenvalue weighted by Crippen LogP contribution is -2.65. The largest absolute Gasteiger partial charge is 0.394 e. The van der Waals surface area contributed by atoms with Crippen LogP contribution in [0.1, 0.15) is 354 Å². The van der Waals surface area contributed by atoms with Crippen molar-refractivity contribution < 1.29 is 64.6 Å². The van der Waals surface area contributed by atoms with Gasteiger partial charge in [-0.2, -0.15) is 0 Å². The Bertz CT molecular complexity index is 2150. The zero-order valence-corrected chi connectivity index (χ0v) is 65.5. The van der Waals surface area contributed by atoms with Gasteiger partial charge in [-0.25, -0.2) is 0 Å². The molecule has 0 saturated carbocycles. The minimum absolute atomic E-state index is 0.251. The van der Waals surface area contributed by atoms with Gasteiger partial charge in [0.05, 0.1) is 32.0 Å². The van der Waals surface area contributed by atoms with Crippen LogP contribution in [0, 0.1) is 0 Å². The number of hydrogen-bond donors (Lipinski definition) is 9. The van der Waals surface area contributed by atoms with E-state index >= 15 is 0 Å². The Morgan fingerprint density at radius 1 is 0.359 bits per heavy atom. The smallest absolute Gasteiger partial charge is 0.220 e. The molecule has 12 unspecified atom stereocenters. The normalized spacial score (nSPS) is 22.1. The average molecular weight is 1450 g/mol. The fourth-order valence-corrected chi connectivity index (χ4v) is 13.5. The average Bonchev–Trinajstić information content (AvgIpc) is 0.791. The molecular weight excluding hydrogens is 1290 g/mol. The van der Waals surface area contributed by atoms with Gasteiger partial charge < -0.3 is 65.1 Å². The number of hydrogen-bond acceptors (Lipinski definition) is 13. The molecule has 14 nitrogen and oxygen atoms in total. The zero-order valence-electron chi connectivity index (χ0n) is 65.5. The Morgan fingerprint density at radius 3 is 1.07 bits per heavy atom. The van der Waals surface area contributed by atoms with Crippen LogP contribution in [0.2, 0.25) is 0 Å². The van der Waals surface area contributed by atoms with E-state index in [0.29, 0.717) is 12.8 Å². The summed E-state index contributed by atoms with van der Waals surface area (Å²) < 4.78 is 22.9. The number of nitrogens with one attached hydrogen (secondary N) is 1. The molecule has 14 heteroatoms. The summed E-state index contributed by atoms with van der Waals surface area (Å²) >= 11 is 0.